The highest BCUT2D eigenvalue weighted by Crippen LogP contribution is 2.23. The zero-order valence-electron chi connectivity index (χ0n) is 18.2. The van der Waals surface area contributed by atoms with Crippen molar-refractivity contribution in [3.63, 3.8) is 0 Å². The van der Waals surface area contributed by atoms with Crippen molar-refractivity contribution in [1.82, 2.24) is 15.5 Å². The van der Waals surface area contributed by atoms with Gasteiger partial charge in [-0.05, 0) is 56.1 Å². The van der Waals surface area contributed by atoms with E-state index in [4.69, 9.17) is 4.99 Å². The lowest BCUT2D eigenvalue weighted by atomic mass is 9.93. The molecule has 0 amide bonds. The minimum Gasteiger partial charge on any atom is -0.393 e. The third-order valence-corrected chi connectivity index (χ3v) is 6.22. The van der Waals surface area contributed by atoms with E-state index in [0.717, 1.165) is 64.2 Å². The van der Waals surface area contributed by atoms with E-state index in [1.165, 1.54) is 11.1 Å². The lowest BCUT2D eigenvalue weighted by Gasteiger charge is -2.37. The van der Waals surface area contributed by atoms with Crippen LogP contribution in [-0.2, 0) is 13.0 Å². The molecule has 1 unspecified atom stereocenters. The number of aliphatic hydroxyl groups excluding tert-OH is 1. The summed E-state index contributed by atoms with van der Waals surface area (Å²) >= 11 is 0. The van der Waals surface area contributed by atoms with Gasteiger partial charge in [0.15, 0.2) is 5.96 Å². The Labute approximate surface area is 193 Å². The summed E-state index contributed by atoms with van der Waals surface area (Å²) in [5.41, 5.74) is 2.97. The molecule has 3 N–H and O–H groups in total. The van der Waals surface area contributed by atoms with Gasteiger partial charge in [0.2, 0.25) is 0 Å². The first kappa shape index (κ1) is 24.4. The number of halogens is 1. The van der Waals surface area contributed by atoms with Crippen molar-refractivity contribution in [2.24, 2.45) is 10.9 Å². The topological polar surface area (TPSA) is 59.9 Å². The fourth-order valence-electron chi connectivity index (χ4n) is 4.47. The molecule has 29 heavy (non-hydrogen) atoms. The van der Waals surface area contributed by atoms with Crippen LogP contribution in [-0.4, -0.2) is 53.8 Å². The number of hydrogen-bond acceptors (Lipinski definition) is 3. The number of aliphatic imine (C=N–C) groups is 1. The van der Waals surface area contributed by atoms with Crippen molar-refractivity contribution >= 4 is 29.9 Å². The predicted molar refractivity (Wildman–Crippen MR) is 132 cm³/mol. The zero-order valence-corrected chi connectivity index (χ0v) is 20.6. The standard InChI is InChI=1S/C23H38N4O.HI/c1-4-24-23(26-20-9-11-21(28)12-10-20)25-15-22(17(2)3)27-14-13-18-7-5-6-8-19(18)16-27;/h5-8,17,20-22,28H,4,9-16H2,1-3H3,(H2,24,25,26);1H. The smallest absolute Gasteiger partial charge is 0.191 e. The molecule has 0 saturated heterocycles. The Bertz CT molecular complexity index is 644. The number of aliphatic hydroxyl groups is 1. The van der Waals surface area contributed by atoms with Crippen LogP contribution in [0.2, 0.25) is 0 Å². The van der Waals surface area contributed by atoms with Crippen molar-refractivity contribution < 1.29 is 5.11 Å². The molecule has 0 spiro atoms. The van der Waals surface area contributed by atoms with E-state index in [2.05, 4.69) is 60.6 Å². The van der Waals surface area contributed by atoms with Crippen molar-refractivity contribution in [3.05, 3.63) is 35.4 Å². The van der Waals surface area contributed by atoms with Crippen LogP contribution < -0.4 is 10.6 Å². The highest BCUT2D eigenvalue weighted by atomic mass is 127. The summed E-state index contributed by atoms with van der Waals surface area (Å²) in [7, 11) is 0. The second-order valence-corrected chi connectivity index (χ2v) is 8.67. The Morgan fingerprint density at radius 1 is 1.17 bits per heavy atom. The highest BCUT2D eigenvalue weighted by molar-refractivity contribution is 14.0. The van der Waals surface area contributed by atoms with Crippen LogP contribution in [0.3, 0.4) is 0 Å². The first-order valence-corrected chi connectivity index (χ1v) is 11.1. The van der Waals surface area contributed by atoms with Gasteiger partial charge >= 0.3 is 0 Å². The molecule has 1 atom stereocenters. The molecule has 1 aliphatic heterocycles. The van der Waals surface area contributed by atoms with E-state index < -0.39 is 0 Å². The average Bonchev–Trinajstić information content (AvgIpc) is 2.69. The Kier molecular flexibility index (Phi) is 10.2. The Morgan fingerprint density at radius 3 is 2.52 bits per heavy atom. The van der Waals surface area contributed by atoms with Crippen molar-refractivity contribution in [3.8, 4) is 0 Å². The third-order valence-electron chi connectivity index (χ3n) is 6.22. The van der Waals surface area contributed by atoms with Gasteiger partial charge in [-0.1, -0.05) is 38.1 Å². The first-order chi connectivity index (χ1) is 13.6. The average molecular weight is 514 g/mol. The quantitative estimate of drug-likeness (QED) is 0.309. The van der Waals surface area contributed by atoms with E-state index >= 15 is 0 Å². The second kappa shape index (κ2) is 12.1. The van der Waals surface area contributed by atoms with Gasteiger partial charge in [-0.15, -0.1) is 24.0 Å². The molecule has 1 fully saturated rings. The predicted octanol–water partition coefficient (Wildman–Crippen LogP) is 3.55. The molecule has 3 rings (SSSR count). The van der Waals surface area contributed by atoms with Crippen LogP contribution >= 0.6 is 24.0 Å². The van der Waals surface area contributed by atoms with Crippen LogP contribution in [0.4, 0.5) is 0 Å². The number of nitrogens with zero attached hydrogens (tertiary/aromatic N) is 2. The SMILES string of the molecule is CCNC(=NCC(C(C)C)N1CCc2ccccc2C1)NC1CCC(O)CC1.I. The van der Waals surface area contributed by atoms with Gasteiger partial charge < -0.3 is 15.7 Å². The van der Waals surface area contributed by atoms with Crippen molar-refractivity contribution in [1.29, 1.82) is 0 Å². The summed E-state index contributed by atoms with van der Waals surface area (Å²) in [5.74, 6) is 1.48. The fraction of sp³-hybridized carbons (Fsp3) is 0.696. The lowest BCUT2D eigenvalue weighted by molar-refractivity contribution is 0.120. The molecule has 2 aliphatic rings. The Morgan fingerprint density at radius 2 is 1.86 bits per heavy atom. The van der Waals surface area contributed by atoms with E-state index in [0.29, 0.717) is 18.0 Å². The summed E-state index contributed by atoms with van der Waals surface area (Å²) < 4.78 is 0. The molecule has 1 aromatic rings. The molecule has 6 heteroatoms. The van der Waals surface area contributed by atoms with Gasteiger partial charge in [-0.3, -0.25) is 9.89 Å². The second-order valence-electron chi connectivity index (χ2n) is 8.67. The van der Waals surface area contributed by atoms with Gasteiger partial charge in [-0.25, -0.2) is 0 Å². The molecule has 0 radical (unpaired) electrons. The Balaban J connectivity index is 0.00000300. The third kappa shape index (κ3) is 7.10. The summed E-state index contributed by atoms with van der Waals surface area (Å²) in [6.45, 7) is 10.5. The number of rotatable bonds is 6. The summed E-state index contributed by atoms with van der Waals surface area (Å²) in [5, 5.41) is 16.7. The van der Waals surface area contributed by atoms with Gasteiger partial charge in [0.1, 0.15) is 0 Å². The van der Waals surface area contributed by atoms with E-state index in [1.807, 2.05) is 0 Å². The Hall–Kier alpha value is -0.860. The minimum atomic E-state index is -0.120. The molecule has 0 aromatic heterocycles. The molecule has 1 heterocycles. The maximum atomic E-state index is 9.74. The molecular weight excluding hydrogens is 475 g/mol. The summed E-state index contributed by atoms with van der Waals surface area (Å²) in [6.07, 6.45) is 4.82. The maximum Gasteiger partial charge on any atom is 0.191 e. The van der Waals surface area contributed by atoms with Crippen LogP contribution in [0.25, 0.3) is 0 Å². The van der Waals surface area contributed by atoms with Crippen molar-refractivity contribution in [2.75, 3.05) is 19.6 Å². The summed E-state index contributed by atoms with van der Waals surface area (Å²) in [6, 6.07) is 9.70. The van der Waals surface area contributed by atoms with E-state index in [-0.39, 0.29) is 30.1 Å². The molecule has 0 bridgehead atoms. The number of nitrogens with one attached hydrogen (secondary N) is 2. The molecule has 1 aliphatic carbocycles. The van der Waals surface area contributed by atoms with Crippen molar-refractivity contribution in [2.45, 2.75) is 77.6 Å². The van der Waals surface area contributed by atoms with Crippen LogP contribution in [0.5, 0.6) is 0 Å². The first-order valence-electron chi connectivity index (χ1n) is 11.1. The molecule has 1 aromatic carbocycles. The lowest BCUT2D eigenvalue weighted by Crippen LogP contribution is -2.47. The van der Waals surface area contributed by atoms with Gasteiger partial charge in [0, 0.05) is 31.7 Å². The maximum absolute atomic E-state index is 9.74. The van der Waals surface area contributed by atoms with E-state index in [1.54, 1.807) is 0 Å². The largest absolute Gasteiger partial charge is 0.393 e. The molecule has 1 saturated carbocycles. The fourth-order valence-corrected chi connectivity index (χ4v) is 4.47. The van der Waals surface area contributed by atoms with Crippen LogP contribution in [0, 0.1) is 5.92 Å². The van der Waals surface area contributed by atoms with Gasteiger partial charge in [0.05, 0.1) is 12.6 Å². The minimum absolute atomic E-state index is 0. The monoisotopic (exact) mass is 514 g/mol. The zero-order chi connectivity index (χ0) is 19.9. The number of benzene rings is 1. The molecule has 164 valence electrons. The number of hydrogen-bond donors (Lipinski definition) is 3. The molecular formula is C23H39IN4O. The normalized spacial score (nSPS) is 23.8. The van der Waals surface area contributed by atoms with Gasteiger partial charge in [-0.2, -0.15) is 0 Å². The molecule has 5 nitrogen and oxygen atoms in total. The highest BCUT2D eigenvalue weighted by Gasteiger charge is 2.26. The number of guanidine groups is 1. The van der Waals surface area contributed by atoms with Crippen LogP contribution in [0.15, 0.2) is 29.3 Å². The summed E-state index contributed by atoms with van der Waals surface area (Å²) in [4.78, 5) is 7.58. The van der Waals surface area contributed by atoms with Gasteiger partial charge in [0.25, 0.3) is 0 Å². The van der Waals surface area contributed by atoms with Crippen LogP contribution in [0.1, 0.15) is 57.6 Å². The number of fused-ring (bicyclic) bond motifs is 1. The van der Waals surface area contributed by atoms with E-state index in [9.17, 15) is 5.11 Å².